The maximum absolute atomic E-state index is 9.10. The van der Waals surface area contributed by atoms with Gasteiger partial charge in [0.15, 0.2) is 0 Å². The van der Waals surface area contributed by atoms with Crippen LogP contribution in [0.4, 0.5) is 5.69 Å². The van der Waals surface area contributed by atoms with E-state index < -0.39 is 11.9 Å². The third kappa shape index (κ3) is 5.69. The zero-order chi connectivity index (χ0) is 12.7. The molecule has 0 fully saturated rings. The lowest BCUT2D eigenvalue weighted by atomic mass is 10.3. The number of nitrogen functional groups attached to an aromatic ring is 1. The highest BCUT2D eigenvalue weighted by atomic mass is 79.9. The van der Waals surface area contributed by atoms with E-state index >= 15 is 0 Å². The topological polar surface area (TPSA) is 113 Å². The number of benzene rings is 1. The highest BCUT2D eigenvalue weighted by molar-refractivity contribution is 9.11. The summed E-state index contributed by atoms with van der Waals surface area (Å²) in [6.45, 7) is 0. The van der Waals surface area contributed by atoms with Crippen molar-refractivity contribution in [3.63, 3.8) is 0 Å². The van der Waals surface area contributed by atoms with Crippen molar-refractivity contribution in [1.29, 1.82) is 0 Å². The van der Waals surface area contributed by atoms with Gasteiger partial charge in [0.1, 0.15) is 0 Å². The first-order valence-electron chi connectivity index (χ1n) is 3.76. The summed E-state index contributed by atoms with van der Waals surface area (Å²) < 4.78 is 1.96. The lowest BCUT2D eigenvalue weighted by molar-refractivity contribution is -0.159. The molecule has 1 rings (SSSR count). The highest BCUT2D eigenvalue weighted by Gasteiger charge is 2.04. The van der Waals surface area contributed by atoms with E-state index in [1.807, 2.05) is 18.2 Å². The van der Waals surface area contributed by atoms with Gasteiger partial charge in [-0.1, -0.05) is 15.9 Å². The predicted octanol–water partition coefficient (Wildman–Crippen LogP) is 1.65. The van der Waals surface area contributed by atoms with Crippen molar-refractivity contribution in [2.45, 2.75) is 0 Å². The smallest absolute Gasteiger partial charge is 0.414 e. The van der Waals surface area contributed by atoms with Crippen LogP contribution in [0.1, 0.15) is 0 Å². The van der Waals surface area contributed by atoms with Gasteiger partial charge in [-0.2, -0.15) is 0 Å². The Morgan fingerprint density at radius 2 is 1.69 bits per heavy atom. The number of aliphatic carboxylic acids is 2. The fourth-order valence-electron chi connectivity index (χ4n) is 0.608. The molecule has 5 N–H and O–H groups in total. The third-order valence-electron chi connectivity index (χ3n) is 1.27. The fraction of sp³-hybridized carbons (Fsp3) is 0. The number of carboxylic acids is 2. The molecule has 0 aliphatic carbocycles. The van der Waals surface area contributed by atoms with Crippen LogP contribution in [0.25, 0.3) is 0 Å². The number of halogens is 2. The summed E-state index contributed by atoms with van der Waals surface area (Å²) in [5.41, 5.74) is 3.43. The summed E-state index contributed by atoms with van der Waals surface area (Å²) in [4.78, 5) is 18.2. The van der Waals surface area contributed by atoms with E-state index in [4.69, 9.17) is 25.6 Å². The number of nitrogens with two attached hydrogens (primary N) is 1. The van der Waals surface area contributed by atoms with Crippen LogP contribution in [-0.4, -0.2) is 22.2 Å². The number of hydrogen-bond donors (Lipinski definition) is 4. The Morgan fingerprint density at radius 1 is 1.19 bits per heavy atom. The lowest BCUT2D eigenvalue weighted by Gasteiger charge is -2.01. The minimum atomic E-state index is -1.82. The Bertz CT molecular complexity index is 386. The summed E-state index contributed by atoms with van der Waals surface area (Å²) in [5.74, 6) is 1.57. The summed E-state index contributed by atoms with van der Waals surface area (Å²) in [5, 5.41) is 14.8. The number of carbonyl (C=O) groups is 2. The SMILES string of the molecule is NNc1cc(Br)ccc1Br.O=C(O)C(=O)O. The summed E-state index contributed by atoms with van der Waals surface area (Å²) >= 11 is 6.65. The monoisotopic (exact) mass is 354 g/mol. The number of hydrogen-bond acceptors (Lipinski definition) is 4. The molecule has 0 aliphatic heterocycles. The first-order valence-corrected chi connectivity index (χ1v) is 5.35. The zero-order valence-electron chi connectivity index (χ0n) is 7.78. The Labute approximate surface area is 108 Å². The summed E-state index contributed by atoms with van der Waals surface area (Å²) in [6, 6.07) is 5.74. The molecule has 0 aliphatic rings. The molecule has 0 radical (unpaired) electrons. The molecule has 0 atom stereocenters. The van der Waals surface area contributed by atoms with Gasteiger partial charge < -0.3 is 15.6 Å². The molecule has 1 aromatic rings. The Hall–Kier alpha value is -1.12. The van der Waals surface area contributed by atoms with Gasteiger partial charge in [-0.15, -0.1) is 0 Å². The van der Waals surface area contributed by atoms with Gasteiger partial charge in [0, 0.05) is 8.95 Å². The molecule has 6 nitrogen and oxygen atoms in total. The molecular formula is C8H8Br2N2O4. The van der Waals surface area contributed by atoms with E-state index in [-0.39, 0.29) is 0 Å². The lowest BCUT2D eigenvalue weighted by Crippen LogP contribution is -2.09. The van der Waals surface area contributed by atoms with Crippen LogP contribution in [0.2, 0.25) is 0 Å². The van der Waals surface area contributed by atoms with E-state index in [9.17, 15) is 0 Å². The molecule has 0 unspecified atom stereocenters. The highest BCUT2D eigenvalue weighted by Crippen LogP contribution is 2.24. The normalized spacial score (nSPS) is 8.69. The average Bonchev–Trinajstić information content (AvgIpc) is 2.22. The van der Waals surface area contributed by atoms with Gasteiger partial charge in [0.25, 0.3) is 0 Å². The van der Waals surface area contributed by atoms with E-state index in [2.05, 4.69) is 37.3 Å². The van der Waals surface area contributed by atoms with Gasteiger partial charge in [-0.3, -0.25) is 5.84 Å². The van der Waals surface area contributed by atoms with Crippen LogP contribution in [0.15, 0.2) is 27.1 Å². The second-order valence-electron chi connectivity index (χ2n) is 2.38. The molecule has 0 saturated heterocycles. The quantitative estimate of drug-likeness (QED) is 0.346. The number of anilines is 1. The van der Waals surface area contributed by atoms with Gasteiger partial charge in [-0.25, -0.2) is 9.59 Å². The largest absolute Gasteiger partial charge is 0.473 e. The fourth-order valence-corrected chi connectivity index (χ4v) is 1.33. The van der Waals surface area contributed by atoms with Crippen molar-refractivity contribution in [1.82, 2.24) is 0 Å². The van der Waals surface area contributed by atoms with E-state index in [1.54, 1.807) is 0 Å². The Kier molecular flexibility index (Phi) is 6.70. The number of rotatable bonds is 1. The van der Waals surface area contributed by atoms with Gasteiger partial charge in [-0.05, 0) is 34.1 Å². The minimum absolute atomic E-state index is 0.870. The minimum Gasteiger partial charge on any atom is -0.473 e. The molecular weight excluding hydrogens is 348 g/mol. The molecule has 0 bridgehead atoms. The van der Waals surface area contributed by atoms with E-state index in [1.165, 1.54) is 0 Å². The number of hydrazine groups is 1. The zero-order valence-corrected chi connectivity index (χ0v) is 10.9. The van der Waals surface area contributed by atoms with Gasteiger partial charge in [0.2, 0.25) is 0 Å². The second-order valence-corrected chi connectivity index (χ2v) is 4.15. The molecule has 0 spiro atoms. The first-order chi connectivity index (χ1) is 7.38. The van der Waals surface area contributed by atoms with Crippen LogP contribution in [0.5, 0.6) is 0 Å². The average molecular weight is 356 g/mol. The summed E-state index contributed by atoms with van der Waals surface area (Å²) in [6.07, 6.45) is 0. The van der Waals surface area contributed by atoms with Crippen molar-refractivity contribution in [3.05, 3.63) is 27.1 Å². The predicted molar refractivity (Wildman–Crippen MR) is 64.9 cm³/mol. The maximum Gasteiger partial charge on any atom is 0.414 e. The molecule has 1 aromatic carbocycles. The van der Waals surface area contributed by atoms with Crippen LogP contribution >= 0.6 is 31.9 Å². The number of carboxylic acid groups (broad SMARTS) is 2. The van der Waals surface area contributed by atoms with Crippen molar-refractivity contribution in [2.75, 3.05) is 5.43 Å². The Morgan fingerprint density at radius 3 is 2.00 bits per heavy atom. The number of nitrogens with one attached hydrogen (secondary N) is 1. The van der Waals surface area contributed by atoms with Crippen LogP contribution in [-0.2, 0) is 9.59 Å². The van der Waals surface area contributed by atoms with Crippen molar-refractivity contribution >= 4 is 49.5 Å². The standard InChI is InChI=1S/C6H6Br2N2.C2H2O4/c7-4-1-2-5(8)6(3-4)10-9;3-1(4)2(5)6/h1-3,10H,9H2;(H,3,4)(H,5,6). The van der Waals surface area contributed by atoms with Crippen molar-refractivity contribution in [2.24, 2.45) is 5.84 Å². The first kappa shape index (κ1) is 14.9. The second kappa shape index (κ2) is 7.20. The molecule has 16 heavy (non-hydrogen) atoms. The van der Waals surface area contributed by atoms with Crippen LogP contribution < -0.4 is 11.3 Å². The molecule has 88 valence electrons. The van der Waals surface area contributed by atoms with Crippen molar-refractivity contribution < 1.29 is 19.8 Å². The van der Waals surface area contributed by atoms with E-state index in [0.29, 0.717) is 0 Å². The third-order valence-corrected chi connectivity index (χ3v) is 2.45. The van der Waals surface area contributed by atoms with Gasteiger partial charge >= 0.3 is 11.9 Å². The van der Waals surface area contributed by atoms with Crippen molar-refractivity contribution in [3.8, 4) is 0 Å². The Balaban J connectivity index is 0.000000325. The molecule has 0 heterocycles. The van der Waals surface area contributed by atoms with Crippen LogP contribution in [0, 0.1) is 0 Å². The van der Waals surface area contributed by atoms with Gasteiger partial charge in [0.05, 0.1) is 5.69 Å². The molecule has 0 aromatic heterocycles. The van der Waals surface area contributed by atoms with E-state index in [0.717, 1.165) is 14.6 Å². The van der Waals surface area contributed by atoms with Crippen LogP contribution in [0.3, 0.4) is 0 Å². The summed E-state index contributed by atoms with van der Waals surface area (Å²) in [7, 11) is 0. The molecule has 8 heteroatoms. The molecule has 0 amide bonds. The maximum atomic E-state index is 9.10. The molecule has 0 saturated carbocycles.